The van der Waals surface area contributed by atoms with Gasteiger partial charge in [0.05, 0.1) is 12.2 Å². The topological polar surface area (TPSA) is 58.1 Å². The molecule has 6 heteroatoms. The minimum Gasteiger partial charge on any atom is -0.320 e. The Kier molecular flexibility index (Phi) is 3.52. The summed E-state index contributed by atoms with van der Waals surface area (Å²) >= 11 is 5.90. The number of amides is 2. The summed E-state index contributed by atoms with van der Waals surface area (Å²) in [5, 5.41) is 3.44. The van der Waals surface area contributed by atoms with Gasteiger partial charge in [-0.1, -0.05) is 17.7 Å². The summed E-state index contributed by atoms with van der Waals surface area (Å²) in [4.78, 5) is 22.2. The maximum absolute atomic E-state index is 12.2. The van der Waals surface area contributed by atoms with Crippen LogP contribution in [0.15, 0.2) is 36.8 Å². The number of fused-ring (bicyclic) bond motifs is 1. The van der Waals surface area contributed by atoms with Gasteiger partial charge in [0.2, 0.25) is 0 Å². The minimum atomic E-state index is -0.137. The van der Waals surface area contributed by atoms with E-state index in [4.69, 9.17) is 11.6 Å². The molecule has 2 heterocycles. The standard InChI is InChI=1S/C14H13ClN4O/c15-11-2-1-3-12(6-11)18-14(20)19-5-4-13-10(8-19)7-16-9-17-13/h1-3,6-7,9H,4-5,8H2,(H,18,20). The van der Waals surface area contributed by atoms with Crippen molar-refractivity contribution < 1.29 is 4.79 Å². The Morgan fingerprint density at radius 3 is 3.15 bits per heavy atom. The van der Waals surface area contributed by atoms with Crippen molar-refractivity contribution >= 4 is 23.3 Å². The van der Waals surface area contributed by atoms with Gasteiger partial charge in [0, 0.05) is 35.4 Å². The predicted octanol–water partition coefficient (Wildman–Crippen LogP) is 2.72. The number of rotatable bonds is 1. The first-order valence-electron chi connectivity index (χ1n) is 6.31. The molecule has 0 radical (unpaired) electrons. The van der Waals surface area contributed by atoms with Gasteiger partial charge < -0.3 is 10.2 Å². The first kappa shape index (κ1) is 12.9. The lowest BCUT2D eigenvalue weighted by molar-refractivity contribution is 0.206. The maximum Gasteiger partial charge on any atom is 0.322 e. The van der Waals surface area contributed by atoms with Gasteiger partial charge in [0.1, 0.15) is 6.33 Å². The van der Waals surface area contributed by atoms with Crippen LogP contribution in [0, 0.1) is 0 Å². The highest BCUT2D eigenvalue weighted by atomic mass is 35.5. The third-order valence-electron chi connectivity index (χ3n) is 3.22. The molecule has 0 fully saturated rings. The van der Waals surface area contributed by atoms with E-state index in [0.29, 0.717) is 23.8 Å². The molecular weight excluding hydrogens is 276 g/mol. The van der Waals surface area contributed by atoms with E-state index in [-0.39, 0.29) is 6.03 Å². The van der Waals surface area contributed by atoms with E-state index in [1.165, 1.54) is 0 Å². The SMILES string of the molecule is O=C(Nc1cccc(Cl)c1)N1CCc2ncncc2C1. The Morgan fingerprint density at radius 2 is 2.30 bits per heavy atom. The first-order chi connectivity index (χ1) is 9.72. The maximum atomic E-state index is 12.2. The number of benzene rings is 1. The van der Waals surface area contributed by atoms with Crippen molar-refractivity contribution in [2.45, 2.75) is 13.0 Å². The smallest absolute Gasteiger partial charge is 0.320 e. The zero-order valence-corrected chi connectivity index (χ0v) is 11.5. The highest BCUT2D eigenvalue weighted by molar-refractivity contribution is 6.30. The molecule has 0 saturated heterocycles. The zero-order chi connectivity index (χ0) is 13.9. The molecule has 1 N–H and O–H groups in total. The molecule has 0 atom stereocenters. The van der Waals surface area contributed by atoms with Crippen LogP contribution in [0.5, 0.6) is 0 Å². The Balaban J connectivity index is 1.70. The summed E-state index contributed by atoms with van der Waals surface area (Å²) in [6, 6.07) is 6.97. The van der Waals surface area contributed by atoms with Crippen molar-refractivity contribution in [3.05, 3.63) is 53.1 Å². The lowest BCUT2D eigenvalue weighted by Gasteiger charge is -2.27. The number of anilines is 1. The predicted molar refractivity (Wildman–Crippen MR) is 76.6 cm³/mol. The van der Waals surface area contributed by atoms with Gasteiger partial charge >= 0.3 is 6.03 Å². The van der Waals surface area contributed by atoms with Crippen molar-refractivity contribution in [3.8, 4) is 0 Å². The first-order valence-corrected chi connectivity index (χ1v) is 6.69. The molecule has 5 nitrogen and oxygen atoms in total. The Bertz CT molecular complexity index is 647. The van der Waals surface area contributed by atoms with Crippen molar-refractivity contribution in [2.75, 3.05) is 11.9 Å². The summed E-state index contributed by atoms with van der Waals surface area (Å²) in [5.74, 6) is 0. The molecule has 102 valence electrons. The molecule has 3 rings (SSSR count). The number of aromatic nitrogens is 2. The summed E-state index contributed by atoms with van der Waals surface area (Å²) in [5.41, 5.74) is 2.71. The summed E-state index contributed by atoms with van der Waals surface area (Å²) in [6.45, 7) is 1.18. The molecule has 1 aromatic carbocycles. The molecule has 0 spiro atoms. The van der Waals surface area contributed by atoms with Crippen LogP contribution in [0.2, 0.25) is 5.02 Å². The van der Waals surface area contributed by atoms with Crippen LogP contribution in [-0.4, -0.2) is 27.4 Å². The van der Waals surface area contributed by atoms with Crippen LogP contribution in [0.3, 0.4) is 0 Å². The van der Waals surface area contributed by atoms with E-state index < -0.39 is 0 Å². The molecule has 2 amide bonds. The fourth-order valence-corrected chi connectivity index (χ4v) is 2.40. The van der Waals surface area contributed by atoms with Gasteiger partial charge in [-0.25, -0.2) is 14.8 Å². The molecular formula is C14H13ClN4O. The summed E-state index contributed by atoms with van der Waals surface area (Å²) in [6.07, 6.45) is 4.06. The molecule has 1 aliphatic rings. The van der Waals surface area contributed by atoms with Crippen LogP contribution in [-0.2, 0) is 13.0 Å². The van der Waals surface area contributed by atoms with Crippen LogP contribution < -0.4 is 5.32 Å². The monoisotopic (exact) mass is 288 g/mol. The largest absolute Gasteiger partial charge is 0.322 e. The Morgan fingerprint density at radius 1 is 1.40 bits per heavy atom. The number of nitrogens with one attached hydrogen (secondary N) is 1. The van der Waals surface area contributed by atoms with Crippen molar-refractivity contribution in [1.29, 1.82) is 0 Å². The van der Waals surface area contributed by atoms with Gasteiger partial charge in [-0.15, -0.1) is 0 Å². The molecule has 20 heavy (non-hydrogen) atoms. The number of carbonyl (C=O) groups excluding carboxylic acids is 1. The third kappa shape index (κ3) is 2.72. The lowest BCUT2D eigenvalue weighted by Crippen LogP contribution is -2.39. The highest BCUT2D eigenvalue weighted by Gasteiger charge is 2.21. The number of carbonyl (C=O) groups is 1. The average Bonchev–Trinajstić information content (AvgIpc) is 2.47. The Labute approximate surface area is 121 Å². The van der Waals surface area contributed by atoms with Gasteiger partial charge in [-0.3, -0.25) is 0 Å². The van der Waals surface area contributed by atoms with Crippen LogP contribution in [0.25, 0.3) is 0 Å². The second-order valence-corrected chi connectivity index (χ2v) is 5.04. The second-order valence-electron chi connectivity index (χ2n) is 4.61. The van der Waals surface area contributed by atoms with Crippen LogP contribution in [0.4, 0.5) is 10.5 Å². The third-order valence-corrected chi connectivity index (χ3v) is 3.46. The van der Waals surface area contributed by atoms with Crippen molar-refractivity contribution in [2.24, 2.45) is 0 Å². The lowest BCUT2D eigenvalue weighted by atomic mass is 10.1. The van der Waals surface area contributed by atoms with E-state index >= 15 is 0 Å². The van der Waals surface area contributed by atoms with E-state index in [1.807, 2.05) is 6.07 Å². The Hall–Kier alpha value is -2.14. The molecule has 2 aromatic rings. The van der Waals surface area contributed by atoms with E-state index in [0.717, 1.165) is 17.7 Å². The van der Waals surface area contributed by atoms with Crippen LogP contribution in [0.1, 0.15) is 11.3 Å². The number of hydrogen-bond acceptors (Lipinski definition) is 3. The van der Waals surface area contributed by atoms with Crippen molar-refractivity contribution in [3.63, 3.8) is 0 Å². The summed E-state index contributed by atoms with van der Waals surface area (Å²) in [7, 11) is 0. The molecule has 0 unspecified atom stereocenters. The molecule has 1 aliphatic heterocycles. The fourth-order valence-electron chi connectivity index (χ4n) is 2.21. The minimum absolute atomic E-state index is 0.137. The fraction of sp³-hybridized carbons (Fsp3) is 0.214. The summed E-state index contributed by atoms with van der Waals surface area (Å²) < 4.78 is 0. The molecule has 0 saturated carbocycles. The molecule has 0 aliphatic carbocycles. The second kappa shape index (κ2) is 5.46. The van der Waals surface area contributed by atoms with Gasteiger partial charge in [0.25, 0.3) is 0 Å². The number of nitrogens with zero attached hydrogens (tertiary/aromatic N) is 3. The van der Waals surface area contributed by atoms with Crippen LogP contribution >= 0.6 is 11.6 Å². The number of hydrogen-bond donors (Lipinski definition) is 1. The van der Waals surface area contributed by atoms with Gasteiger partial charge in [-0.05, 0) is 18.2 Å². The van der Waals surface area contributed by atoms with Gasteiger partial charge in [0.15, 0.2) is 0 Å². The normalized spacial score (nSPS) is 13.8. The van der Waals surface area contributed by atoms with E-state index in [2.05, 4.69) is 15.3 Å². The molecule has 0 bridgehead atoms. The average molecular weight is 289 g/mol. The quantitative estimate of drug-likeness (QED) is 0.878. The van der Waals surface area contributed by atoms with Gasteiger partial charge in [-0.2, -0.15) is 0 Å². The van der Waals surface area contributed by atoms with E-state index in [9.17, 15) is 4.79 Å². The van der Waals surface area contributed by atoms with Crippen molar-refractivity contribution in [1.82, 2.24) is 14.9 Å². The number of halogens is 1. The molecule has 1 aromatic heterocycles. The number of urea groups is 1. The zero-order valence-electron chi connectivity index (χ0n) is 10.7. The van der Waals surface area contributed by atoms with E-state index in [1.54, 1.807) is 35.6 Å². The highest BCUT2D eigenvalue weighted by Crippen LogP contribution is 2.18.